The van der Waals surface area contributed by atoms with Crippen LogP contribution in [0.5, 0.6) is 5.75 Å². The van der Waals surface area contributed by atoms with Crippen LogP contribution in [0.2, 0.25) is 0 Å². The standard InChI is InChI=1S/C19H30N2O2/c1-16-13-21(10-5-11-23-16)14-17-6-7-19(22-2)18(12-17)15-20-8-3-4-9-20/h6-7,12,16H,3-5,8-11,13-15H2,1-2H3/t16-/m1/s1. The molecular formula is C19H30N2O2. The molecule has 23 heavy (non-hydrogen) atoms. The van der Waals surface area contributed by atoms with Crippen LogP contribution in [0, 0.1) is 0 Å². The van der Waals surface area contributed by atoms with Gasteiger partial charge in [-0.15, -0.1) is 0 Å². The van der Waals surface area contributed by atoms with Gasteiger partial charge in [-0.05, 0) is 57.0 Å². The molecule has 2 aliphatic heterocycles. The fraction of sp³-hybridized carbons (Fsp3) is 0.684. The van der Waals surface area contributed by atoms with E-state index in [0.29, 0.717) is 6.10 Å². The van der Waals surface area contributed by atoms with Gasteiger partial charge in [0.2, 0.25) is 0 Å². The van der Waals surface area contributed by atoms with Crippen LogP contribution in [0.25, 0.3) is 0 Å². The van der Waals surface area contributed by atoms with Crippen LogP contribution in [-0.2, 0) is 17.8 Å². The largest absolute Gasteiger partial charge is 0.496 e. The summed E-state index contributed by atoms with van der Waals surface area (Å²) in [6.07, 6.45) is 4.11. The van der Waals surface area contributed by atoms with Gasteiger partial charge in [-0.3, -0.25) is 9.80 Å². The van der Waals surface area contributed by atoms with Gasteiger partial charge >= 0.3 is 0 Å². The van der Waals surface area contributed by atoms with E-state index in [1.165, 1.54) is 37.1 Å². The smallest absolute Gasteiger partial charge is 0.123 e. The maximum absolute atomic E-state index is 5.75. The van der Waals surface area contributed by atoms with Gasteiger partial charge in [0.25, 0.3) is 0 Å². The molecule has 0 aromatic heterocycles. The van der Waals surface area contributed by atoms with E-state index in [1.807, 2.05) is 0 Å². The molecule has 1 aromatic rings. The Bertz CT molecular complexity index is 500. The highest BCUT2D eigenvalue weighted by Gasteiger charge is 2.17. The third-order valence-corrected chi connectivity index (χ3v) is 4.88. The first kappa shape index (κ1) is 16.7. The van der Waals surface area contributed by atoms with E-state index in [0.717, 1.165) is 45.0 Å². The molecule has 1 aromatic carbocycles. The summed E-state index contributed by atoms with van der Waals surface area (Å²) in [6.45, 7) is 9.65. The van der Waals surface area contributed by atoms with E-state index < -0.39 is 0 Å². The van der Waals surface area contributed by atoms with Gasteiger partial charge in [-0.1, -0.05) is 6.07 Å². The molecule has 2 aliphatic rings. The minimum atomic E-state index is 0.333. The fourth-order valence-electron chi connectivity index (χ4n) is 3.72. The van der Waals surface area contributed by atoms with Gasteiger partial charge in [0.1, 0.15) is 5.75 Å². The summed E-state index contributed by atoms with van der Waals surface area (Å²) in [4.78, 5) is 5.04. The first-order valence-corrected chi connectivity index (χ1v) is 8.96. The number of hydrogen-bond acceptors (Lipinski definition) is 4. The van der Waals surface area contributed by atoms with Gasteiger partial charge in [-0.2, -0.15) is 0 Å². The number of rotatable bonds is 5. The topological polar surface area (TPSA) is 24.9 Å². The Morgan fingerprint density at radius 3 is 2.65 bits per heavy atom. The van der Waals surface area contributed by atoms with Crippen molar-refractivity contribution in [1.82, 2.24) is 9.80 Å². The van der Waals surface area contributed by atoms with Crippen molar-refractivity contribution in [3.63, 3.8) is 0 Å². The van der Waals surface area contributed by atoms with Crippen molar-refractivity contribution < 1.29 is 9.47 Å². The molecule has 0 unspecified atom stereocenters. The Morgan fingerprint density at radius 2 is 1.87 bits per heavy atom. The molecule has 4 nitrogen and oxygen atoms in total. The van der Waals surface area contributed by atoms with Crippen LogP contribution in [0.3, 0.4) is 0 Å². The van der Waals surface area contributed by atoms with Gasteiger partial charge in [0.15, 0.2) is 0 Å². The zero-order valence-corrected chi connectivity index (χ0v) is 14.6. The van der Waals surface area contributed by atoms with E-state index in [-0.39, 0.29) is 0 Å². The molecule has 128 valence electrons. The second kappa shape index (κ2) is 8.13. The third kappa shape index (κ3) is 4.69. The first-order chi connectivity index (χ1) is 11.2. The lowest BCUT2D eigenvalue weighted by Gasteiger charge is -2.23. The quantitative estimate of drug-likeness (QED) is 0.833. The van der Waals surface area contributed by atoms with E-state index in [2.05, 4.69) is 34.9 Å². The average Bonchev–Trinajstić information content (AvgIpc) is 2.96. The monoisotopic (exact) mass is 318 g/mol. The van der Waals surface area contributed by atoms with Crippen LogP contribution in [0.15, 0.2) is 18.2 Å². The predicted octanol–water partition coefficient (Wildman–Crippen LogP) is 2.90. The number of likely N-dealkylation sites (tertiary alicyclic amines) is 1. The highest BCUT2D eigenvalue weighted by Crippen LogP contribution is 2.24. The lowest BCUT2D eigenvalue weighted by molar-refractivity contribution is 0.0668. The van der Waals surface area contributed by atoms with Gasteiger partial charge in [0, 0.05) is 38.3 Å². The van der Waals surface area contributed by atoms with E-state index in [9.17, 15) is 0 Å². The fourth-order valence-corrected chi connectivity index (χ4v) is 3.72. The molecule has 2 fully saturated rings. The molecule has 1 atom stereocenters. The van der Waals surface area contributed by atoms with Crippen molar-refractivity contribution in [3.8, 4) is 5.75 Å². The molecule has 4 heteroatoms. The molecule has 0 aliphatic carbocycles. The lowest BCUT2D eigenvalue weighted by atomic mass is 10.1. The van der Waals surface area contributed by atoms with Crippen molar-refractivity contribution in [1.29, 1.82) is 0 Å². The summed E-state index contributed by atoms with van der Waals surface area (Å²) in [5.74, 6) is 1.02. The van der Waals surface area contributed by atoms with Crippen molar-refractivity contribution in [2.45, 2.75) is 45.4 Å². The molecule has 2 saturated heterocycles. The number of methoxy groups -OCH3 is 1. The Kier molecular flexibility index (Phi) is 5.92. The maximum atomic E-state index is 5.75. The Balaban J connectivity index is 1.68. The molecule has 0 saturated carbocycles. The van der Waals surface area contributed by atoms with Gasteiger partial charge < -0.3 is 9.47 Å². The zero-order valence-electron chi connectivity index (χ0n) is 14.6. The maximum Gasteiger partial charge on any atom is 0.123 e. The minimum Gasteiger partial charge on any atom is -0.496 e. The van der Waals surface area contributed by atoms with Gasteiger partial charge in [0.05, 0.1) is 13.2 Å². The molecule has 0 bridgehead atoms. The molecule has 2 heterocycles. The lowest BCUT2D eigenvalue weighted by Crippen LogP contribution is -2.29. The van der Waals surface area contributed by atoms with Crippen LogP contribution >= 0.6 is 0 Å². The second-order valence-corrected chi connectivity index (χ2v) is 6.90. The van der Waals surface area contributed by atoms with Crippen LogP contribution in [0.1, 0.15) is 37.3 Å². The Morgan fingerprint density at radius 1 is 1.09 bits per heavy atom. The van der Waals surface area contributed by atoms with E-state index in [4.69, 9.17) is 9.47 Å². The highest BCUT2D eigenvalue weighted by molar-refractivity contribution is 5.37. The van der Waals surface area contributed by atoms with E-state index in [1.54, 1.807) is 7.11 Å². The van der Waals surface area contributed by atoms with Crippen molar-refractivity contribution in [2.24, 2.45) is 0 Å². The first-order valence-electron chi connectivity index (χ1n) is 8.96. The number of hydrogen-bond donors (Lipinski definition) is 0. The van der Waals surface area contributed by atoms with Crippen molar-refractivity contribution in [2.75, 3.05) is 39.9 Å². The van der Waals surface area contributed by atoms with Crippen LogP contribution in [-0.4, -0.2) is 55.8 Å². The minimum absolute atomic E-state index is 0.333. The Hall–Kier alpha value is -1.10. The summed E-state index contributed by atoms with van der Waals surface area (Å²) in [7, 11) is 1.77. The molecule has 3 rings (SSSR count). The third-order valence-electron chi connectivity index (χ3n) is 4.88. The second-order valence-electron chi connectivity index (χ2n) is 6.90. The Labute approximate surface area is 140 Å². The molecule has 0 spiro atoms. The average molecular weight is 318 g/mol. The number of benzene rings is 1. The predicted molar refractivity (Wildman–Crippen MR) is 92.8 cm³/mol. The number of ether oxygens (including phenoxy) is 2. The molecule has 0 radical (unpaired) electrons. The van der Waals surface area contributed by atoms with Crippen molar-refractivity contribution >= 4 is 0 Å². The normalized spacial score (nSPS) is 23.8. The van der Waals surface area contributed by atoms with Crippen molar-refractivity contribution in [3.05, 3.63) is 29.3 Å². The SMILES string of the molecule is COc1ccc(CN2CCCO[C@H](C)C2)cc1CN1CCCC1. The summed E-state index contributed by atoms with van der Waals surface area (Å²) in [6, 6.07) is 6.69. The number of nitrogens with zero attached hydrogens (tertiary/aromatic N) is 2. The molecular weight excluding hydrogens is 288 g/mol. The van der Waals surface area contributed by atoms with Crippen LogP contribution < -0.4 is 4.74 Å². The molecule has 0 N–H and O–H groups in total. The van der Waals surface area contributed by atoms with Crippen LogP contribution in [0.4, 0.5) is 0 Å². The molecule has 0 amide bonds. The van der Waals surface area contributed by atoms with E-state index >= 15 is 0 Å². The summed E-state index contributed by atoms with van der Waals surface area (Å²) >= 11 is 0. The highest BCUT2D eigenvalue weighted by atomic mass is 16.5. The summed E-state index contributed by atoms with van der Waals surface area (Å²) in [5.41, 5.74) is 2.71. The zero-order chi connectivity index (χ0) is 16.1. The summed E-state index contributed by atoms with van der Waals surface area (Å²) < 4.78 is 11.3. The van der Waals surface area contributed by atoms with Gasteiger partial charge in [-0.25, -0.2) is 0 Å². The summed E-state index contributed by atoms with van der Waals surface area (Å²) in [5, 5.41) is 0.